The average Bonchev–Trinajstić information content (AvgIpc) is 2.93. The number of para-hydroxylation sites is 1. The van der Waals surface area contributed by atoms with Crippen molar-refractivity contribution < 1.29 is 37.5 Å². The van der Waals surface area contributed by atoms with Crippen molar-refractivity contribution in [2.75, 3.05) is 21.3 Å². The SMILES string of the molecule is COc1ccccc1C(=O)Oc1c(OC)c(OC)c(OC(C)=O)c2c(S(=O)c3ccc(Br)cc3)cccc12. The average molecular weight is 599 g/mol. The molecule has 0 N–H and O–H groups in total. The van der Waals surface area contributed by atoms with Crippen LogP contribution < -0.4 is 23.7 Å². The molecule has 0 heterocycles. The van der Waals surface area contributed by atoms with Crippen LogP contribution in [-0.2, 0) is 15.6 Å². The Morgan fingerprint density at radius 2 is 1.39 bits per heavy atom. The van der Waals surface area contributed by atoms with Crippen molar-refractivity contribution in [3.63, 3.8) is 0 Å². The van der Waals surface area contributed by atoms with Crippen LogP contribution in [0.5, 0.6) is 28.7 Å². The van der Waals surface area contributed by atoms with Crippen molar-refractivity contribution >= 4 is 49.4 Å². The zero-order chi connectivity index (χ0) is 27.4. The molecular weight excluding hydrogens is 576 g/mol. The van der Waals surface area contributed by atoms with Crippen LogP contribution in [0, 0.1) is 0 Å². The van der Waals surface area contributed by atoms with Gasteiger partial charge in [-0.3, -0.25) is 4.79 Å². The lowest BCUT2D eigenvalue weighted by atomic mass is 10.1. The van der Waals surface area contributed by atoms with Gasteiger partial charge in [0, 0.05) is 27.1 Å². The van der Waals surface area contributed by atoms with Gasteiger partial charge in [0.05, 0.1) is 37.0 Å². The summed E-state index contributed by atoms with van der Waals surface area (Å²) in [5.74, 6) is -1.02. The van der Waals surface area contributed by atoms with E-state index in [2.05, 4.69) is 15.9 Å². The summed E-state index contributed by atoms with van der Waals surface area (Å²) in [6.07, 6.45) is 0. The molecule has 0 amide bonds. The molecule has 1 atom stereocenters. The van der Waals surface area contributed by atoms with Crippen LogP contribution in [0.2, 0.25) is 0 Å². The minimum absolute atomic E-state index is 0.000754. The van der Waals surface area contributed by atoms with Crippen molar-refractivity contribution in [2.45, 2.75) is 16.7 Å². The van der Waals surface area contributed by atoms with E-state index in [9.17, 15) is 13.8 Å². The molecule has 0 aliphatic heterocycles. The standard InChI is InChI=1S/C28H23BrO8S/c1-16(30)36-25-23-20(9-7-11-22(23)38(32)18-14-12-17(29)13-15-18)24(26(34-3)27(25)35-4)37-28(31)19-8-5-6-10-21(19)33-2/h5-15H,1-4H3. The van der Waals surface area contributed by atoms with E-state index in [-0.39, 0.29) is 33.9 Å². The van der Waals surface area contributed by atoms with Crippen LogP contribution in [0.4, 0.5) is 0 Å². The summed E-state index contributed by atoms with van der Waals surface area (Å²) in [6, 6.07) is 18.5. The zero-order valence-corrected chi connectivity index (χ0v) is 23.3. The maximum Gasteiger partial charge on any atom is 0.347 e. The zero-order valence-electron chi connectivity index (χ0n) is 20.9. The fourth-order valence-corrected chi connectivity index (χ4v) is 5.40. The van der Waals surface area contributed by atoms with Gasteiger partial charge in [-0.25, -0.2) is 9.00 Å². The molecule has 4 rings (SSSR count). The van der Waals surface area contributed by atoms with Crippen molar-refractivity contribution in [2.24, 2.45) is 0 Å². The summed E-state index contributed by atoms with van der Waals surface area (Å²) in [6.45, 7) is 1.24. The molecule has 0 saturated heterocycles. The quantitative estimate of drug-likeness (QED) is 0.181. The van der Waals surface area contributed by atoms with Gasteiger partial charge in [-0.1, -0.05) is 40.2 Å². The van der Waals surface area contributed by atoms with Crippen LogP contribution in [0.1, 0.15) is 17.3 Å². The first-order valence-electron chi connectivity index (χ1n) is 11.2. The van der Waals surface area contributed by atoms with Crippen molar-refractivity contribution in [1.29, 1.82) is 0 Å². The van der Waals surface area contributed by atoms with Gasteiger partial charge < -0.3 is 23.7 Å². The number of halogens is 1. The number of hydrogen-bond acceptors (Lipinski definition) is 8. The summed E-state index contributed by atoms with van der Waals surface area (Å²) in [7, 11) is 2.47. The lowest BCUT2D eigenvalue weighted by Gasteiger charge is -2.21. The number of carbonyl (C=O) groups is 2. The van der Waals surface area contributed by atoms with E-state index in [0.717, 1.165) is 4.47 Å². The Morgan fingerprint density at radius 1 is 0.737 bits per heavy atom. The highest BCUT2D eigenvalue weighted by Gasteiger charge is 2.30. The molecule has 0 aliphatic rings. The number of hydrogen-bond donors (Lipinski definition) is 0. The smallest absolute Gasteiger partial charge is 0.347 e. The third kappa shape index (κ3) is 5.23. The molecule has 0 bridgehead atoms. The van der Waals surface area contributed by atoms with Crippen LogP contribution in [0.3, 0.4) is 0 Å². The van der Waals surface area contributed by atoms with Gasteiger partial charge in [-0.15, -0.1) is 0 Å². The van der Waals surface area contributed by atoms with Gasteiger partial charge in [0.25, 0.3) is 0 Å². The normalized spacial score (nSPS) is 11.5. The molecule has 196 valence electrons. The number of esters is 2. The Balaban J connectivity index is 2.02. The fraction of sp³-hybridized carbons (Fsp3) is 0.143. The lowest BCUT2D eigenvalue weighted by molar-refractivity contribution is -0.131. The molecule has 0 saturated carbocycles. The van der Waals surface area contributed by atoms with Gasteiger partial charge >= 0.3 is 11.9 Å². The maximum absolute atomic E-state index is 13.8. The lowest BCUT2D eigenvalue weighted by Crippen LogP contribution is -2.13. The Bertz CT molecular complexity index is 1550. The Hall–Kier alpha value is -3.89. The third-order valence-corrected chi connectivity index (χ3v) is 7.49. The monoisotopic (exact) mass is 598 g/mol. The van der Waals surface area contributed by atoms with Gasteiger partial charge in [0.2, 0.25) is 11.5 Å². The predicted molar refractivity (Wildman–Crippen MR) is 145 cm³/mol. The highest BCUT2D eigenvalue weighted by Crippen LogP contribution is 2.53. The third-order valence-electron chi connectivity index (χ3n) is 5.52. The topological polar surface area (TPSA) is 97.4 Å². The van der Waals surface area contributed by atoms with E-state index in [0.29, 0.717) is 20.9 Å². The number of ether oxygens (including phenoxy) is 5. The van der Waals surface area contributed by atoms with E-state index in [4.69, 9.17) is 23.7 Å². The molecule has 38 heavy (non-hydrogen) atoms. The number of fused-ring (bicyclic) bond motifs is 1. The molecular formula is C28H23BrO8S. The van der Waals surface area contributed by atoms with Crippen LogP contribution in [-0.4, -0.2) is 37.5 Å². The van der Waals surface area contributed by atoms with Crippen molar-refractivity contribution in [3.05, 3.63) is 76.8 Å². The summed E-state index contributed by atoms with van der Waals surface area (Å²) >= 11 is 3.38. The Morgan fingerprint density at radius 3 is 2.03 bits per heavy atom. The highest BCUT2D eigenvalue weighted by molar-refractivity contribution is 9.10. The number of carbonyl (C=O) groups excluding carboxylic acids is 2. The fourth-order valence-electron chi connectivity index (χ4n) is 3.91. The van der Waals surface area contributed by atoms with Crippen molar-refractivity contribution in [1.82, 2.24) is 0 Å². The molecule has 0 spiro atoms. The van der Waals surface area contributed by atoms with Gasteiger partial charge in [-0.2, -0.15) is 0 Å². The van der Waals surface area contributed by atoms with E-state index in [1.807, 2.05) is 0 Å². The minimum Gasteiger partial charge on any atom is -0.496 e. The van der Waals surface area contributed by atoms with Crippen LogP contribution >= 0.6 is 15.9 Å². The van der Waals surface area contributed by atoms with Crippen molar-refractivity contribution in [3.8, 4) is 28.7 Å². The van der Waals surface area contributed by atoms with E-state index >= 15 is 0 Å². The van der Waals surface area contributed by atoms with E-state index < -0.39 is 22.7 Å². The number of methoxy groups -OCH3 is 3. The van der Waals surface area contributed by atoms with Gasteiger partial charge in [0.15, 0.2) is 11.5 Å². The molecule has 8 nitrogen and oxygen atoms in total. The summed E-state index contributed by atoms with van der Waals surface area (Å²) < 4.78 is 42.5. The first-order chi connectivity index (χ1) is 18.3. The number of benzene rings is 4. The summed E-state index contributed by atoms with van der Waals surface area (Å²) in [4.78, 5) is 26.3. The van der Waals surface area contributed by atoms with E-state index in [1.165, 1.54) is 28.3 Å². The molecule has 4 aromatic carbocycles. The molecule has 0 radical (unpaired) electrons. The largest absolute Gasteiger partial charge is 0.496 e. The molecule has 10 heteroatoms. The highest BCUT2D eigenvalue weighted by atomic mass is 79.9. The second-order valence-corrected chi connectivity index (χ2v) is 10.2. The second kappa shape index (κ2) is 11.7. The molecule has 4 aromatic rings. The minimum atomic E-state index is -1.70. The second-order valence-electron chi connectivity index (χ2n) is 7.81. The molecule has 0 aliphatic carbocycles. The summed E-state index contributed by atoms with van der Waals surface area (Å²) in [5, 5.41) is 0.592. The molecule has 0 fully saturated rings. The van der Waals surface area contributed by atoms with Crippen LogP contribution in [0.15, 0.2) is 81.0 Å². The Labute approximate surface area is 230 Å². The first-order valence-corrected chi connectivity index (χ1v) is 13.2. The maximum atomic E-state index is 13.8. The number of rotatable bonds is 8. The molecule has 0 aromatic heterocycles. The van der Waals surface area contributed by atoms with E-state index in [1.54, 1.807) is 66.7 Å². The predicted octanol–water partition coefficient (Wildman–Crippen LogP) is 5.94. The summed E-state index contributed by atoms with van der Waals surface area (Å²) in [5.41, 5.74) is 0.183. The van der Waals surface area contributed by atoms with Gasteiger partial charge in [-0.05, 0) is 42.5 Å². The Kier molecular flexibility index (Phi) is 8.33. The van der Waals surface area contributed by atoms with Crippen LogP contribution in [0.25, 0.3) is 10.8 Å². The molecule has 1 unspecified atom stereocenters. The van der Waals surface area contributed by atoms with Gasteiger partial charge in [0.1, 0.15) is 11.3 Å². The first kappa shape index (κ1) is 27.2.